The first kappa shape index (κ1) is 16.6. The summed E-state index contributed by atoms with van der Waals surface area (Å²) in [5, 5.41) is 4.14. The van der Waals surface area contributed by atoms with Crippen LogP contribution in [0, 0.1) is 0 Å². The third-order valence-electron chi connectivity index (χ3n) is 4.37. The van der Waals surface area contributed by atoms with Crippen LogP contribution in [-0.2, 0) is 13.1 Å². The number of hydrogen-bond donors (Lipinski definition) is 2. The minimum Gasteiger partial charge on any atom is -0.494 e. The van der Waals surface area contributed by atoms with Gasteiger partial charge in [0, 0.05) is 25.6 Å². The summed E-state index contributed by atoms with van der Waals surface area (Å²) >= 11 is 0. The SMILES string of the molecule is Nc1cc(N)n(CCCOc2cccc(CN3CCCCC3)c2)n1. The Morgan fingerprint density at radius 1 is 1.08 bits per heavy atom. The third-order valence-corrected chi connectivity index (χ3v) is 4.37. The van der Waals surface area contributed by atoms with E-state index < -0.39 is 0 Å². The zero-order valence-electron chi connectivity index (χ0n) is 14.2. The number of rotatable bonds is 7. The smallest absolute Gasteiger partial charge is 0.147 e. The molecule has 0 bridgehead atoms. The summed E-state index contributed by atoms with van der Waals surface area (Å²) in [4.78, 5) is 2.52. The van der Waals surface area contributed by atoms with Gasteiger partial charge < -0.3 is 16.2 Å². The van der Waals surface area contributed by atoms with Crippen molar-refractivity contribution in [3.05, 3.63) is 35.9 Å². The maximum absolute atomic E-state index is 5.87. The fraction of sp³-hybridized carbons (Fsp3) is 0.500. The molecule has 1 aliphatic heterocycles. The van der Waals surface area contributed by atoms with Gasteiger partial charge in [-0.15, -0.1) is 0 Å². The monoisotopic (exact) mass is 329 g/mol. The molecule has 1 aliphatic rings. The number of benzene rings is 1. The van der Waals surface area contributed by atoms with Crippen LogP contribution in [-0.4, -0.2) is 34.4 Å². The second-order valence-corrected chi connectivity index (χ2v) is 6.40. The first-order valence-electron chi connectivity index (χ1n) is 8.73. The number of likely N-dealkylation sites (tertiary alicyclic amines) is 1. The van der Waals surface area contributed by atoms with E-state index in [1.165, 1.54) is 37.9 Å². The van der Waals surface area contributed by atoms with Crippen LogP contribution in [0.15, 0.2) is 30.3 Å². The lowest BCUT2D eigenvalue weighted by atomic mass is 10.1. The van der Waals surface area contributed by atoms with E-state index in [0.717, 1.165) is 18.7 Å². The van der Waals surface area contributed by atoms with Crippen molar-refractivity contribution >= 4 is 11.6 Å². The quantitative estimate of drug-likeness (QED) is 0.763. The molecule has 0 unspecified atom stereocenters. The van der Waals surface area contributed by atoms with Gasteiger partial charge in [0.25, 0.3) is 0 Å². The van der Waals surface area contributed by atoms with Crippen LogP contribution in [0.1, 0.15) is 31.2 Å². The fourth-order valence-electron chi connectivity index (χ4n) is 3.14. The Balaban J connectivity index is 1.45. The fourth-order valence-corrected chi connectivity index (χ4v) is 3.14. The molecule has 6 heteroatoms. The zero-order chi connectivity index (χ0) is 16.8. The molecule has 1 fully saturated rings. The summed E-state index contributed by atoms with van der Waals surface area (Å²) in [5.74, 6) is 1.98. The lowest BCUT2D eigenvalue weighted by molar-refractivity contribution is 0.220. The lowest BCUT2D eigenvalue weighted by Crippen LogP contribution is -2.29. The van der Waals surface area contributed by atoms with Crippen LogP contribution in [0.3, 0.4) is 0 Å². The Morgan fingerprint density at radius 2 is 1.92 bits per heavy atom. The highest BCUT2D eigenvalue weighted by atomic mass is 16.5. The van der Waals surface area contributed by atoms with Gasteiger partial charge in [0.05, 0.1) is 6.61 Å². The molecule has 0 aliphatic carbocycles. The predicted octanol–water partition coefficient (Wildman–Crippen LogP) is 2.50. The van der Waals surface area contributed by atoms with Crippen molar-refractivity contribution in [3.8, 4) is 5.75 Å². The molecule has 0 spiro atoms. The largest absolute Gasteiger partial charge is 0.494 e. The Kier molecular flexibility index (Phi) is 5.59. The molecule has 0 atom stereocenters. The van der Waals surface area contributed by atoms with E-state index in [1.807, 2.05) is 6.07 Å². The van der Waals surface area contributed by atoms with Gasteiger partial charge in [-0.25, -0.2) is 4.68 Å². The molecule has 130 valence electrons. The number of nitrogen functional groups attached to an aromatic ring is 2. The number of nitrogens with two attached hydrogens (primary N) is 2. The van der Waals surface area contributed by atoms with Crippen LogP contribution < -0.4 is 16.2 Å². The predicted molar refractivity (Wildman–Crippen MR) is 96.7 cm³/mol. The number of piperidine rings is 1. The topological polar surface area (TPSA) is 82.3 Å². The summed E-state index contributed by atoms with van der Waals surface area (Å²) in [6, 6.07) is 10.1. The van der Waals surface area contributed by atoms with Crippen LogP contribution in [0.25, 0.3) is 0 Å². The van der Waals surface area contributed by atoms with Gasteiger partial charge in [-0.05, 0) is 43.6 Å². The molecule has 3 rings (SSSR count). The average Bonchev–Trinajstić information content (AvgIpc) is 2.90. The molecule has 6 nitrogen and oxygen atoms in total. The maximum atomic E-state index is 5.87. The molecule has 4 N–H and O–H groups in total. The lowest BCUT2D eigenvalue weighted by Gasteiger charge is -2.26. The van der Waals surface area contributed by atoms with Gasteiger partial charge in [-0.3, -0.25) is 4.90 Å². The van der Waals surface area contributed by atoms with Crippen LogP contribution in [0.5, 0.6) is 5.75 Å². The van der Waals surface area contributed by atoms with Crippen molar-refractivity contribution in [1.29, 1.82) is 0 Å². The van der Waals surface area contributed by atoms with E-state index in [1.54, 1.807) is 10.7 Å². The number of hydrogen-bond acceptors (Lipinski definition) is 5. The highest BCUT2D eigenvalue weighted by Gasteiger charge is 2.10. The van der Waals surface area contributed by atoms with Crippen LogP contribution in [0.4, 0.5) is 11.6 Å². The molecule has 1 aromatic heterocycles. The van der Waals surface area contributed by atoms with Crippen LogP contribution in [0.2, 0.25) is 0 Å². The Labute approximate surface area is 143 Å². The van der Waals surface area contributed by atoms with Gasteiger partial charge in [-0.1, -0.05) is 18.6 Å². The summed E-state index contributed by atoms with van der Waals surface area (Å²) < 4.78 is 7.59. The Hall–Kier alpha value is -2.21. The molecule has 0 saturated carbocycles. The standard InChI is InChI=1S/C18H27N5O/c19-17-13-18(20)23(21-17)10-5-11-24-16-7-4-6-15(12-16)14-22-8-2-1-3-9-22/h4,6-7,12-13H,1-3,5,8-11,14,20H2,(H2,19,21). The van der Waals surface area contributed by atoms with Crippen molar-refractivity contribution in [2.24, 2.45) is 0 Å². The summed E-state index contributed by atoms with van der Waals surface area (Å²) in [6.07, 6.45) is 4.84. The normalized spacial score (nSPS) is 15.5. The van der Waals surface area contributed by atoms with E-state index in [2.05, 4.69) is 28.2 Å². The zero-order valence-corrected chi connectivity index (χ0v) is 14.2. The van der Waals surface area contributed by atoms with Crippen molar-refractivity contribution < 1.29 is 4.74 Å². The van der Waals surface area contributed by atoms with Crippen LogP contribution >= 0.6 is 0 Å². The summed E-state index contributed by atoms with van der Waals surface area (Å²) in [7, 11) is 0. The Morgan fingerprint density at radius 3 is 2.67 bits per heavy atom. The van der Waals surface area contributed by atoms with Gasteiger partial charge in [0.2, 0.25) is 0 Å². The van der Waals surface area contributed by atoms with Crippen molar-refractivity contribution in [2.75, 3.05) is 31.2 Å². The first-order chi connectivity index (χ1) is 11.7. The third kappa shape index (κ3) is 4.64. The molecular formula is C18H27N5O. The van der Waals surface area contributed by atoms with Gasteiger partial charge >= 0.3 is 0 Å². The molecule has 0 amide bonds. The number of aryl methyl sites for hydroxylation is 1. The van der Waals surface area contributed by atoms with E-state index in [9.17, 15) is 0 Å². The van der Waals surface area contributed by atoms with Gasteiger partial charge in [0.15, 0.2) is 0 Å². The highest BCUT2D eigenvalue weighted by molar-refractivity contribution is 5.41. The molecule has 1 aromatic carbocycles. The Bertz CT molecular complexity index is 649. The van der Waals surface area contributed by atoms with Crippen molar-refractivity contribution in [3.63, 3.8) is 0 Å². The summed E-state index contributed by atoms with van der Waals surface area (Å²) in [5.41, 5.74) is 12.8. The van der Waals surface area contributed by atoms with Crippen molar-refractivity contribution in [2.45, 2.75) is 38.8 Å². The molecular weight excluding hydrogens is 302 g/mol. The van der Waals surface area contributed by atoms with E-state index in [4.69, 9.17) is 16.2 Å². The molecule has 2 aromatic rings. The molecule has 0 radical (unpaired) electrons. The van der Waals surface area contributed by atoms with E-state index >= 15 is 0 Å². The number of ether oxygens (including phenoxy) is 1. The number of aromatic nitrogens is 2. The van der Waals surface area contributed by atoms with Gasteiger partial charge in [0.1, 0.15) is 17.4 Å². The second kappa shape index (κ2) is 8.06. The second-order valence-electron chi connectivity index (χ2n) is 6.40. The summed E-state index contributed by atoms with van der Waals surface area (Å²) in [6.45, 7) is 4.77. The minimum absolute atomic E-state index is 0.457. The first-order valence-corrected chi connectivity index (χ1v) is 8.73. The highest BCUT2D eigenvalue weighted by Crippen LogP contribution is 2.18. The maximum Gasteiger partial charge on any atom is 0.147 e. The molecule has 2 heterocycles. The molecule has 1 saturated heterocycles. The van der Waals surface area contributed by atoms with Gasteiger partial charge in [-0.2, -0.15) is 5.10 Å². The van der Waals surface area contributed by atoms with Crippen molar-refractivity contribution in [1.82, 2.24) is 14.7 Å². The average molecular weight is 329 g/mol. The van der Waals surface area contributed by atoms with E-state index in [0.29, 0.717) is 24.8 Å². The number of nitrogens with zero attached hydrogens (tertiary/aromatic N) is 3. The van der Waals surface area contributed by atoms with E-state index in [-0.39, 0.29) is 0 Å². The number of anilines is 2. The minimum atomic E-state index is 0.457. The molecule has 24 heavy (non-hydrogen) atoms.